The van der Waals surface area contributed by atoms with Crippen molar-refractivity contribution in [3.63, 3.8) is 0 Å². The summed E-state index contributed by atoms with van der Waals surface area (Å²) in [5.41, 5.74) is 2.74. The van der Waals surface area contributed by atoms with Gasteiger partial charge in [0.15, 0.2) is 0 Å². The molecule has 5 rings (SSSR count). The minimum absolute atomic E-state index is 0.0228. The summed E-state index contributed by atoms with van der Waals surface area (Å²) >= 11 is 1.61. The van der Waals surface area contributed by atoms with Crippen LogP contribution in [-0.2, 0) is 4.79 Å². The van der Waals surface area contributed by atoms with Gasteiger partial charge in [-0.2, -0.15) is 4.98 Å². The average Bonchev–Trinajstić information content (AvgIpc) is 3.16. The van der Waals surface area contributed by atoms with Crippen molar-refractivity contribution < 1.29 is 9.53 Å². The Morgan fingerprint density at radius 1 is 1.23 bits per heavy atom. The van der Waals surface area contributed by atoms with Gasteiger partial charge in [-0.3, -0.25) is 4.79 Å². The predicted octanol–water partition coefficient (Wildman–Crippen LogP) is 3.07. The molecule has 3 aromatic rings. The Morgan fingerprint density at radius 3 is 2.87 bits per heavy atom. The van der Waals surface area contributed by atoms with Gasteiger partial charge in [-0.15, -0.1) is 11.3 Å². The van der Waals surface area contributed by atoms with E-state index in [9.17, 15) is 4.79 Å². The molecule has 1 saturated heterocycles. The highest BCUT2D eigenvalue weighted by Gasteiger charge is 2.39. The van der Waals surface area contributed by atoms with Crippen LogP contribution in [0.4, 0.5) is 11.8 Å². The lowest BCUT2D eigenvalue weighted by atomic mass is 9.81. The Kier molecular flexibility index (Phi) is 5.35. The van der Waals surface area contributed by atoms with E-state index in [1.807, 2.05) is 29.8 Å². The lowest BCUT2D eigenvalue weighted by Crippen LogP contribution is -2.61. The van der Waals surface area contributed by atoms with Crippen molar-refractivity contribution in [1.82, 2.24) is 20.3 Å². The van der Waals surface area contributed by atoms with Crippen molar-refractivity contribution in [2.24, 2.45) is 5.92 Å². The van der Waals surface area contributed by atoms with Gasteiger partial charge in [0.05, 0.1) is 16.3 Å². The highest BCUT2D eigenvalue weighted by atomic mass is 32.1. The summed E-state index contributed by atoms with van der Waals surface area (Å²) in [5, 5.41) is 6.39. The molecule has 9 heteroatoms. The molecule has 1 amide bonds. The molecule has 1 aliphatic heterocycles. The Labute approximate surface area is 185 Å². The third-order valence-corrected chi connectivity index (χ3v) is 6.49. The number of amides is 1. The lowest BCUT2D eigenvalue weighted by molar-refractivity contribution is -0.131. The minimum Gasteiger partial charge on any atom is -0.488 e. The standard InChI is InChI=1S/C22H26N6O2S/c1-13(2)25-22-23-7-6-19(27-22)28-10-15(11-28)26-21(29)14-8-16(9-14)30-17-4-3-5-18-20(17)24-12-31-18/h3-7,12-16H,8-11H2,1-2H3,(H,26,29)(H,23,25,27). The molecule has 1 aliphatic carbocycles. The number of fused-ring (bicyclic) bond motifs is 1. The van der Waals surface area contributed by atoms with Crippen LogP contribution in [0.2, 0.25) is 0 Å². The van der Waals surface area contributed by atoms with Crippen LogP contribution in [0.1, 0.15) is 26.7 Å². The third kappa shape index (κ3) is 4.27. The normalized spacial score (nSPS) is 20.9. The molecule has 2 aliphatic rings. The van der Waals surface area contributed by atoms with Crippen molar-refractivity contribution in [1.29, 1.82) is 0 Å². The second-order valence-corrected chi connectivity index (χ2v) is 9.40. The molecule has 0 atom stereocenters. The molecular weight excluding hydrogens is 412 g/mol. The Balaban J connectivity index is 1.07. The highest BCUT2D eigenvalue weighted by molar-refractivity contribution is 7.16. The molecule has 2 fully saturated rings. The number of anilines is 2. The summed E-state index contributed by atoms with van der Waals surface area (Å²) < 4.78 is 7.22. The van der Waals surface area contributed by atoms with Gasteiger partial charge < -0.3 is 20.3 Å². The van der Waals surface area contributed by atoms with Crippen LogP contribution in [0.5, 0.6) is 5.75 Å². The number of thiazole rings is 1. The van der Waals surface area contributed by atoms with Gasteiger partial charge in [-0.05, 0) is 44.9 Å². The highest BCUT2D eigenvalue weighted by Crippen LogP contribution is 2.35. The molecule has 1 saturated carbocycles. The summed E-state index contributed by atoms with van der Waals surface area (Å²) in [7, 11) is 0. The summed E-state index contributed by atoms with van der Waals surface area (Å²) in [5.74, 6) is 2.48. The average molecular weight is 439 g/mol. The van der Waals surface area contributed by atoms with Gasteiger partial charge in [0, 0.05) is 31.2 Å². The maximum Gasteiger partial charge on any atom is 0.224 e. The van der Waals surface area contributed by atoms with Crippen LogP contribution in [0.25, 0.3) is 10.2 Å². The largest absolute Gasteiger partial charge is 0.488 e. The maximum absolute atomic E-state index is 12.6. The van der Waals surface area contributed by atoms with Crippen LogP contribution >= 0.6 is 11.3 Å². The smallest absolute Gasteiger partial charge is 0.224 e. The lowest BCUT2D eigenvalue weighted by Gasteiger charge is -2.42. The van der Waals surface area contributed by atoms with Crippen molar-refractivity contribution in [3.05, 3.63) is 36.0 Å². The second-order valence-electron chi connectivity index (χ2n) is 8.51. The van der Waals surface area contributed by atoms with E-state index in [2.05, 4.69) is 44.3 Å². The zero-order valence-corrected chi connectivity index (χ0v) is 18.4. The number of carbonyl (C=O) groups excluding carboxylic acids is 1. The fourth-order valence-corrected chi connectivity index (χ4v) is 4.63. The third-order valence-electron chi connectivity index (χ3n) is 5.69. The molecule has 0 radical (unpaired) electrons. The number of benzene rings is 1. The monoisotopic (exact) mass is 438 g/mol. The SMILES string of the molecule is CC(C)Nc1nccc(N2CC(NC(=O)C3CC(Oc4cccc5scnc45)C3)C2)n1. The maximum atomic E-state index is 12.6. The molecule has 2 N–H and O–H groups in total. The molecule has 31 heavy (non-hydrogen) atoms. The molecule has 162 valence electrons. The Morgan fingerprint density at radius 2 is 2.06 bits per heavy atom. The van der Waals surface area contributed by atoms with E-state index >= 15 is 0 Å². The summed E-state index contributed by atoms with van der Waals surface area (Å²) in [6.45, 7) is 5.64. The zero-order chi connectivity index (χ0) is 21.4. The van der Waals surface area contributed by atoms with Gasteiger partial charge in [0.1, 0.15) is 23.2 Å². The fourth-order valence-electron chi connectivity index (χ4n) is 3.94. The zero-order valence-electron chi connectivity index (χ0n) is 17.6. The van der Waals surface area contributed by atoms with E-state index in [-0.39, 0.29) is 30.0 Å². The quantitative estimate of drug-likeness (QED) is 0.586. The summed E-state index contributed by atoms with van der Waals surface area (Å²) in [4.78, 5) is 27.9. The molecule has 0 spiro atoms. The summed E-state index contributed by atoms with van der Waals surface area (Å²) in [6.07, 6.45) is 3.34. The van der Waals surface area contributed by atoms with Crippen molar-refractivity contribution in [3.8, 4) is 5.75 Å². The molecule has 0 unspecified atom stereocenters. The van der Waals surface area contributed by atoms with Crippen LogP contribution in [0.3, 0.4) is 0 Å². The number of nitrogens with one attached hydrogen (secondary N) is 2. The number of hydrogen-bond acceptors (Lipinski definition) is 8. The molecular formula is C22H26N6O2S. The van der Waals surface area contributed by atoms with E-state index in [1.54, 1.807) is 17.5 Å². The molecule has 3 heterocycles. The summed E-state index contributed by atoms with van der Waals surface area (Å²) in [6, 6.07) is 8.33. The topological polar surface area (TPSA) is 92.3 Å². The van der Waals surface area contributed by atoms with Crippen molar-refractivity contribution >= 4 is 39.2 Å². The predicted molar refractivity (Wildman–Crippen MR) is 122 cm³/mol. The first-order chi connectivity index (χ1) is 15.0. The van der Waals surface area contributed by atoms with E-state index in [1.165, 1.54) is 0 Å². The van der Waals surface area contributed by atoms with E-state index in [0.29, 0.717) is 5.95 Å². The Bertz CT molecular complexity index is 1070. The van der Waals surface area contributed by atoms with Crippen LogP contribution in [-0.4, -0.2) is 52.1 Å². The van der Waals surface area contributed by atoms with Gasteiger partial charge in [-0.25, -0.2) is 9.97 Å². The number of aromatic nitrogens is 3. The van der Waals surface area contributed by atoms with Gasteiger partial charge in [-0.1, -0.05) is 6.07 Å². The number of hydrogen-bond donors (Lipinski definition) is 2. The number of rotatable bonds is 7. The van der Waals surface area contributed by atoms with Crippen LogP contribution in [0.15, 0.2) is 36.0 Å². The second kappa shape index (κ2) is 8.30. The van der Waals surface area contributed by atoms with Crippen molar-refractivity contribution in [2.75, 3.05) is 23.3 Å². The van der Waals surface area contributed by atoms with Gasteiger partial charge in [0.2, 0.25) is 11.9 Å². The Hall–Kier alpha value is -2.94. The van der Waals surface area contributed by atoms with E-state index in [4.69, 9.17) is 4.74 Å². The number of ether oxygens (including phenoxy) is 1. The van der Waals surface area contributed by atoms with Gasteiger partial charge >= 0.3 is 0 Å². The van der Waals surface area contributed by atoms with Crippen molar-refractivity contribution in [2.45, 2.75) is 44.9 Å². The first-order valence-electron chi connectivity index (χ1n) is 10.7. The van der Waals surface area contributed by atoms with E-state index in [0.717, 1.165) is 47.7 Å². The van der Waals surface area contributed by atoms with E-state index < -0.39 is 0 Å². The first kappa shape index (κ1) is 20.0. The fraction of sp³-hybridized carbons (Fsp3) is 0.455. The molecule has 0 bridgehead atoms. The molecule has 1 aromatic carbocycles. The molecule has 2 aromatic heterocycles. The van der Waals surface area contributed by atoms with Crippen LogP contribution < -0.4 is 20.3 Å². The number of carbonyl (C=O) groups is 1. The number of para-hydroxylation sites is 1. The minimum atomic E-state index is 0.0228. The van der Waals surface area contributed by atoms with Crippen LogP contribution in [0, 0.1) is 5.92 Å². The van der Waals surface area contributed by atoms with Gasteiger partial charge in [0.25, 0.3) is 0 Å². The number of nitrogens with zero attached hydrogens (tertiary/aromatic N) is 4. The molecule has 8 nitrogen and oxygen atoms in total. The first-order valence-corrected chi connectivity index (χ1v) is 11.6.